The Hall–Kier alpha value is -1.28. The molecule has 2 aromatic carbocycles. The van der Waals surface area contributed by atoms with E-state index in [0.717, 1.165) is 26.3 Å². The first-order valence-corrected chi connectivity index (χ1v) is 8.55. The van der Waals surface area contributed by atoms with E-state index in [0.29, 0.717) is 11.1 Å². The van der Waals surface area contributed by atoms with Gasteiger partial charge in [0.25, 0.3) is 0 Å². The molecule has 0 fully saturated rings. The van der Waals surface area contributed by atoms with Crippen LogP contribution in [0.4, 0.5) is 0 Å². The Morgan fingerprint density at radius 2 is 1.08 bits per heavy atom. The molecule has 0 heterocycles. The van der Waals surface area contributed by atoms with Crippen LogP contribution >= 0.6 is 31.9 Å². The first kappa shape index (κ1) is 22.7. The monoisotopic (exact) mass is 495 g/mol. The summed E-state index contributed by atoms with van der Waals surface area (Å²) in [4.78, 5) is 21.7. The van der Waals surface area contributed by atoms with Gasteiger partial charge in [0.2, 0.25) is 0 Å². The second kappa shape index (κ2) is 11.3. The molecule has 0 aliphatic heterocycles. The zero-order valence-corrected chi connectivity index (χ0v) is 17.4. The third-order valence-corrected chi connectivity index (χ3v) is 3.66. The van der Waals surface area contributed by atoms with Crippen molar-refractivity contribution < 1.29 is 40.8 Å². The van der Waals surface area contributed by atoms with Crippen LogP contribution in [0.2, 0.25) is 0 Å². The minimum atomic E-state index is -0.135. The fourth-order valence-corrected chi connectivity index (χ4v) is 2.30. The Morgan fingerprint density at radius 3 is 1.29 bits per heavy atom. The maximum absolute atomic E-state index is 10.8. The molecule has 125 valence electrons. The van der Waals surface area contributed by atoms with Gasteiger partial charge in [-0.25, -0.2) is 0 Å². The second-order valence-electron chi connectivity index (χ2n) is 4.44. The van der Waals surface area contributed by atoms with Crippen LogP contribution < -0.4 is 0 Å². The van der Waals surface area contributed by atoms with Crippen LogP contribution in [0.1, 0.15) is 34.6 Å². The number of carbonyl (C=O) groups excluding carboxylic acids is 2. The Labute approximate surface area is 165 Å². The van der Waals surface area contributed by atoms with Gasteiger partial charge in [-0.1, -0.05) is 31.9 Å². The summed E-state index contributed by atoms with van der Waals surface area (Å²) >= 11 is 7.46. The fourth-order valence-electron chi connectivity index (χ4n) is 1.58. The molecule has 0 aliphatic rings. The van der Waals surface area contributed by atoms with E-state index >= 15 is 0 Å². The molecule has 0 aromatic heterocycles. The maximum atomic E-state index is 10.8. The molecule has 2 N–H and O–H groups in total. The van der Waals surface area contributed by atoms with Gasteiger partial charge in [-0.05, 0) is 50.2 Å². The average molecular weight is 497 g/mol. The van der Waals surface area contributed by atoms with Gasteiger partial charge in [-0.15, -0.1) is 0 Å². The predicted octanol–water partition coefficient (Wildman–Crippen LogP) is 4.59. The molecule has 0 atom stereocenters. The predicted molar refractivity (Wildman–Crippen MR) is 92.3 cm³/mol. The molecule has 0 saturated carbocycles. The molecule has 5 nitrogen and oxygen atoms in total. The summed E-state index contributed by atoms with van der Waals surface area (Å²) in [6.45, 7) is 2.84. The van der Waals surface area contributed by atoms with Crippen molar-refractivity contribution in [1.29, 1.82) is 0 Å². The van der Waals surface area contributed by atoms with Gasteiger partial charge in [0.05, 0.1) is 11.1 Å². The number of halogens is 2. The summed E-state index contributed by atoms with van der Waals surface area (Å²) in [6, 6.07) is 9.53. The van der Waals surface area contributed by atoms with Gasteiger partial charge in [0.1, 0.15) is 11.5 Å². The fraction of sp³-hybridized carbons (Fsp3) is 0.125. The van der Waals surface area contributed by atoms with Crippen molar-refractivity contribution in [3.8, 4) is 11.5 Å². The number of carbonyl (C=O) groups is 2. The zero-order chi connectivity index (χ0) is 18.9. The number of ketones is 2. The van der Waals surface area contributed by atoms with Crippen LogP contribution in [0.3, 0.4) is 0 Å². The van der Waals surface area contributed by atoms with E-state index < -0.39 is 0 Å². The normalized spacial score (nSPS) is 9.08. The molecule has 0 unspecified atom stereocenters. The molecule has 24 heavy (non-hydrogen) atoms. The molecule has 2 rings (SSSR count). The van der Waals surface area contributed by atoms with Crippen LogP contribution in [0.25, 0.3) is 0 Å². The van der Waals surface area contributed by atoms with Crippen LogP contribution in [0.5, 0.6) is 11.5 Å². The quantitative estimate of drug-likeness (QED) is 0.593. The number of rotatable bonds is 2. The van der Waals surface area contributed by atoms with E-state index in [1.165, 1.54) is 26.0 Å². The van der Waals surface area contributed by atoms with Gasteiger partial charge in [0, 0.05) is 8.95 Å². The van der Waals surface area contributed by atoms with E-state index in [1.54, 1.807) is 24.3 Å². The summed E-state index contributed by atoms with van der Waals surface area (Å²) < 4.78 is 9.77. The number of hydrogen-bond acceptors (Lipinski definition) is 5. The molecule has 0 saturated heterocycles. The Balaban J connectivity index is 0.000000400. The number of phenolic OH excluding ortho intramolecular Hbond substituents is 2. The number of benzene rings is 2. The van der Waals surface area contributed by atoms with Crippen molar-refractivity contribution >= 4 is 43.4 Å². The van der Waals surface area contributed by atoms with Gasteiger partial charge < -0.3 is 10.2 Å². The zero-order valence-electron chi connectivity index (χ0n) is 12.8. The first-order chi connectivity index (χ1) is 11.2. The van der Waals surface area contributed by atoms with E-state index in [1.807, 2.05) is 0 Å². The SMILES string of the molecule is CC(=O)c1cc(Br)ccc1O.CC(=O)c1cc(Br)ccc1O.[O]=[V+2]. The summed E-state index contributed by atoms with van der Waals surface area (Å²) in [5.41, 5.74) is 0.693. The van der Waals surface area contributed by atoms with Gasteiger partial charge in [-0.3, -0.25) is 9.59 Å². The van der Waals surface area contributed by atoms with E-state index in [4.69, 9.17) is 13.9 Å². The molecule has 0 radical (unpaired) electrons. The Bertz CT molecular complexity index is 673. The summed E-state index contributed by atoms with van der Waals surface area (Å²) in [6.07, 6.45) is 0. The number of Topliss-reactive ketones (excluding diaryl/α,β-unsaturated/α-hetero) is 2. The number of phenols is 2. The molecule has 0 bridgehead atoms. The molecule has 8 heteroatoms. The third-order valence-electron chi connectivity index (χ3n) is 2.68. The molecule has 2 aromatic rings. The summed E-state index contributed by atoms with van der Waals surface area (Å²) in [5, 5.41) is 18.3. The van der Waals surface area contributed by atoms with Crippen molar-refractivity contribution in [3.63, 3.8) is 0 Å². The first-order valence-electron chi connectivity index (χ1n) is 6.39. The van der Waals surface area contributed by atoms with Gasteiger partial charge >= 0.3 is 21.0 Å². The number of hydrogen-bond donors (Lipinski definition) is 2. The molecular formula is C16H14Br2O5V+2. The average Bonchev–Trinajstić information content (AvgIpc) is 2.54. The van der Waals surface area contributed by atoms with Crippen molar-refractivity contribution in [2.75, 3.05) is 0 Å². The van der Waals surface area contributed by atoms with Crippen LogP contribution in [-0.4, -0.2) is 21.8 Å². The molecular weight excluding hydrogens is 483 g/mol. The van der Waals surface area contributed by atoms with E-state index in [-0.39, 0.29) is 23.1 Å². The van der Waals surface area contributed by atoms with Crippen LogP contribution in [0.15, 0.2) is 45.3 Å². The van der Waals surface area contributed by atoms with Gasteiger partial charge in [-0.2, -0.15) is 0 Å². The van der Waals surface area contributed by atoms with Crippen LogP contribution in [0, 0.1) is 0 Å². The van der Waals surface area contributed by atoms with E-state index in [9.17, 15) is 9.59 Å². The Morgan fingerprint density at radius 1 is 0.792 bits per heavy atom. The molecule has 0 amide bonds. The summed E-state index contributed by atoms with van der Waals surface area (Å²) in [7, 11) is 0. The molecule has 0 aliphatic carbocycles. The Kier molecular flexibility index (Phi) is 10.7. The second-order valence-corrected chi connectivity index (χ2v) is 6.27. The van der Waals surface area contributed by atoms with E-state index in [2.05, 4.69) is 31.9 Å². The van der Waals surface area contributed by atoms with Crippen molar-refractivity contribution in [2.45, 2.75) is 13.8 Å². The topological polar surface area (TPSA) is 91.7 Å². The third kappa shape index (κ3) is 7.53. The van der Waals surface area contributed by atoms with Gasteiger partial charge in [0.15, 0.2) is 11.6 Å². The van der Waals surface area contributed by atoms with Crippen molar-refractivity contribution in [3.05, 3.63) is 56.5 Å². The number of aromatic hydroxyl groups is 2. The minimum absolute atomic E-state index is 0.0284. The van der Waals surface area contributed by atoms with Crippen molar-refractivity contribution in [2.24, 2.45) is 0 Å². The standard InChI is InChI=1S/2C8H7BrO2.O.V/c2*1-5(10)7-4-6(9)2-3-8(7)11;;/h2*2-4,11H,1H3;;/q;;;+2. The summed E-state index contributed by atoms with van der Waals surface area (Å²) in [5.74, 6) is -0.214. The van der Waals surface area contributed by atoms with Crippen molar-refractivity contribution in [1.82, 2.24) is 0 Å². The van der Waals surface area contributed by atoms with Crippen LogP contribution in [-0.2, 0) is 21.0 Å². The molecule has 0 spiro atoms.